The summed E-state index contributed by atoms with van der Waals surface area (Å²) in [6, 6.07) is 4.09. The van der Waals surface area contributed by atoms with Gasteiger partial charge in [0.1, 0.15) is 17.2 Å². The summed E-state index contributed by atoms with van der Waals surface area (Å²) < 4.78 is 31.4. The van der Waals surface area contributed by atoms with Gasteiger partial charge in [0.05, 0.1) is 7.11 Å². The Labute approximate surface area is 129 Å². The van der Waals surface area contributed by atoms with Crippen LogP contribution in [-0.2, 0) is 14.8 Å². The summed E-state index contributed by atoms with van der Waals surface area (Å²) in [5.41, 5.74) is -0.901. The normalized spacial score (nSPS) is 12.5. The summed E-state index contributed by atoms with van der Waals surface area (Å²) in [5.74, 6) is -1.16. The highest BCUT2D eigenvalue weighted by Crippen LogP contribution is 2.32. The van der Waals surface area contributed by atoms with E-state index in [4.69, 9.17) is 21.4 Å². The minimum Gasteiger partial charge on any atom is -0.495 e. The largest absolute Gasteiger partial charge is 0.495 e. The zero-order chi connectivity index (χ0) is 16.4. The Balaban J connectivity index is 3.46. The number of sulfonamides is 1. The summed E-state index contributed by atoms with van der Waals surface area (Å²) in [5, 5.41) is 9.29. The molecule has 0 aliphatic carbocycles. The van der Waals surface area contributed by atoms with Gasteiger partial charge in [-0.05, 0) is 32.9 Å². The maximum absolute atomic E-state index is 12.7. The molecule has 6 nitrogen and oxygen atoms in total. The molecule has 21 heavy (non-hydrogen) atoms. The number of carboxylic acids is 1. The molecule has 0 aliphatic heterocycles. The Morgan fingerprint density at radius 3 is 2.38 bits per heavy atom. The van der Waals surface area contributed by atoms with Crippen molar-refractivity contribution in [2.45, 2.75) is 31.2 Å². The number of nitrogens with zero attached hydrogens (tertiary/aromatic N) is 1. The van der Waals surface area contributed by atoms with Crippen molar-refractivity contribution in [3.63, 3.8) is 0 Å². The Hall–Kier alpha value is -1.31. The molecule has 0 aromatic heterocycles. The predicted molar refractivity (Wildman–Crippen MR) is 79.3 cm³/mol. The van der Waals surface area contributed by atoms with E-state index in [0.29, 0.717) is 5.02 Å². The summed E-state index contributed by atoms with van der Waals surface area (Å²) in [7, 11) is -2.72. The van der Waals surface area contributed by atoms with Crippen LogP contribution in [0.1, 0.15) is 20.8 Å². The second-order valence-corrected chi connectivity index (χ2v) is 7.64. The molecule has 0 heterocycles. The number of methoxy groups -OCH3 is 1. The van der Waals surface area contributed by atoms with Crippen LogP contribution in [0.2, 0.25) is 5.02 Å². The van der Waals surface area contributed by atoms with Gasteiger partial charge in [0.15, 0.2) is 0 Å². The van der Waals surface area contributed by atoms with Gasteiger partial charge < -0.3 is 9.84 Å². The molecule has 1 aromatic rings. The lowest BCUT2D eigenvalue weighted by molar-refractivity contribution is -0.138. The fourth-order valence-corrected chi connectivity index (χ4v) is 3.82. The molecule has 0 atom stereocenters. The number of aliphatic carboxylic acids is 1. The number of hydrogen-bond acceptors (Lipinski definition) is 4. The van der Waals surface area contributed by atoms with Crippen LogP contribution < -0.4 is 4.74 Å². The molecule has 118 valence electrons. The van der Waals surface area contributed by atoms with Crippen LogP contribution in [0.15, 0.2) is 23.1 Å². The molecule has 1 aromatic carbocycles. The Kier molecular flexibility index (Phi) is 5.25. The maximum atomic E-state index is 12.7. The van der Waals surface area contributed by atoms with Crippen LogP contribution in [-0.4, -0.2) is 43.0 Å². The van der Waals surface area contributed by atoms with Gasteiger partial charge in [-0.1, -0.05) is 11.6 Å². The SMILES string of the molecule is COc1cc(Cl)ccc1S(=O)(=O)N(CC(=O)O)C(C)(C)C. The molecule has 8 heteroatoms. The lowest BCUT2D eigenvalue weighted by Crippen LogP contribution is -2.48. The first kappa shape index (κ1) is 17.7. The second-order valence-electron chi connectivity index (χ2n) is 5.37. The molecule has 0 radical (unpaired) electrons. The van der Waals surface area contributed by atoms with Gasteiger partial charge in [0.2, 0.25) is 10.0 Å². The fourth-order valence-electron chi connectivity index (χ4n) is 1.78. The van der Waals surface area contributed by atoms with E-state index in [1.165, 1.54) is 25.3 Å². The minimum atomic E-state index is -4.04. The number of rotatable bonds is 5. The number of ether oxygens (including phenoxy) is 1. The third kappa shape index (κ3) is 4.09. The fraction of sp³-hybridized carbons (Fsp3) is 0.462. The van der Waals surface area contributed by atoms with Gasteiger partial charge in [-0.3, -0.25) is 4.79 Å². The quantitative estimate of drug-likeness (QED) is 0.892. The lowest BCUT2D eigenvalue weighted by atomic mass is 10.1. The number of hydrogen-bond donors (Lipinski definition) is 1. The van der Waals surface area contributed by atoms with E-state index in [1.54, 1.807) is 20.8 Å². The Bertz CT molecular complexity index is 636. The Morgan fingerprint density at radius 2 is 1.95 bits per heavy atom. The summed E-state index contributed by atoms with van der Waals surface area (Å²) in [6.07, 6.45) is 0. The van der Waals surface area contributed by atoms with E-state index in [0.717, 1.165) is 4.31 Å². The van der Waals surface area contributed by atoms with E-state index in [2.05, 4.69) is 0 Å². The van der Waals surface area contributed by atoms with Crippen molar-refractivity contribution in [2.24, 2.45) is 0 Å². The van der Waals surface area contributed by atoms with E-state index in [1.807, 2.05) is 0 Å². The zero-order valence-corrected chi connectivity index (χ0v) is 13.8. The van der Waals surface area contributed by atoms with Gasteiger partial charge in [-0.25, -0.2) is 8.42 Å². The molecule has 0 saturated carbocycles. The van der Waals surface area contributed by atoms with Gasteiger partial charge in [0, 0.05) is 16.6 Å². The Morgan fingerprint density at radius 1 is 1.38 bits per heavy atom. The van der Waals surface area contributed by atoms with Gasteiger partial charge in [-0.2, -0.15) is 4.31 Å². The molecule has 0 saturated heterocycles. The van der Waals surface area contributed by atoms with Crippen molar-refractivity contribution in [2.75, 3.05) is 13.7 Å². The molecule has 0 bridgehead atoms. The van der Waals surface area contributed by atoms with Crippen molar-refractivity contribution in [3.8, 4) is 5.75 Å². The highest BCUT2D eigenvalue weighted by atomic mass is 35.5. The van der Waals surface area contributed by atoms with Crippen molar-refractivity contribution in [3.05, 3.63) is 23.2 Å². The van der Waals surface area contributed by atoms with Crippen LogP contribution in [0.25, 0.3) is 0 Å². The van der Waals surface area contributed by atoms with Crippen LogP contribution >= 0.6 is 11.6 Å². The molecule has 1 N–H and O–H groups in total. The molecular weight excluding hydrogens is 318 g/mol. The third-order valence-corrected chi connectivity index (χ3v) is 5.11. The smallest absolute Gasteiger partial charge is 0.318 e. The number of benzene rings is 1. The molecule has 0 fully saturated rings. The average Bonchev–Trinajstić information content (AvgIpc) is 2.33. The van der Waals surface area contributed by atoms with Gasteiger partial charge in [0.25, 0.3) is 0 Å². The van der Waals surface area contributed by atoms with Crippen LogP contribution in [0.4, 0.5) is 0 Å². The molecule has 0 amide bonds. The second kappa shape index (κ2) is 6.21. The van der Waals surface area contributed by atoms with Crippen LogP contribution in [0, 0.1) is 0 Å². The van der Waals surface area contributed by atoms with Gasteiger partial charge in [-0.15, -0.1) is 0 Å². The molecule has 0 aliphatic rings. The lowest BCUT2D eigenvalue weighted by Gasteiger charge is -2.33. The predicted octanol–water partition coefficient (Wildman–Crippen LogP) is 2.22. The summed E-state index contributed by atoms with van der Waals surface area (Å²) in [4.78, 5) is 10.9. The van der Waals surface area contributed by atoms with E-state index >= 15 is 0 Å². The van der Waals surface area contributed by atoms with E-state index in [9.17, 15) is 13.2 Å². The number of halogens is 1. The molecular formula is C13H18ClNO5S. The van der Waals surface area contributed by atoms with Crippen molar-refractivity contribution in [1.29, 1.82) is 0 Å². The number of carbonyl (C=O) groups is 1. The first-order valence-corrected chi connectivity index (χ1v) is 7.90. The topological polar surface area (TPSA) is 83.9 Å². The minimum absolute atomic E-state index is 0.0714. The molecule has 0 spiro atoms. The highest BCUT2D eigenvalue weighted by Gasteiger charge is 2.37. The first-order valence-electron chi connectivity index (χ1n) is 6.08. The standard InChI is InChI=1S/C13H18ClNO5S/c1-13(2,3)15(8-12(16)17)21(18,19)11-6-5-9(14)7-10(11)20-4/h5-7H,8H2,1-4H3,(H,16,17). The monoisotopic (exact) mass is 335 g/mol. The van der Waals surface area contributed by atoms with Crippen molar-refractivity contribution >= 4 is 27.6 Å². The summed E-state index contributed by atoms with van der Waals surface area (Å²) in [6.45, 7) is 4.22. The summed E-state index contributed by atoms with van der Waals surface area (Å²) >= 11 is 5.82. The average molecular weight is 336 g/mol. The van der Waals surface area contributed by atoms with E-state index in [-0.39, 0.29) is 10.6 Å². The maximum Gasteiger partial charge on any atom is 0.318 e. The van der Waals surface area contributed by atoms with Crippen LogP contribution in [0.5, 0.6) is 5.75 Å². The molecule has 0 unspecified atom stereocenters. The zero-order valence-electron chi connectivity index (χ0n) is 12.3. The van der Waals surface area contributed by atoms with E-state index < -0.39 is 28.1 Å². The first-order chi connectivity index (χ1) is 9.50. The molecule has 1 rings (SSSR count). The van der Waals surface area contributed by atoms with Crippen molar-refractivity contribution < 1.29 is 23.1 Å². The number of carboxylic acid groups (broad SMARTS) is 1. The van der Waals surface area contributed by atoms with Gasteiger partial charge >= 0.3 is 5.97 Å². The third-order valence-electron chi connectivity index (χ3n) is 2.72. The van der Waals surface area contributed by atoms with Crippen LogP contribution in [0.3, 0.4) is 0 Å². The van der Waals surface area contributed by atoms with Crippen molar-refractivity contribution in [1.82, 2.24) is 4.31 Å². The highest BCUT2D eigenvalue weighted by molar-refractivity contribution is 7.89.